The summed E-state index contributed by atoms with van der Waals surface area (Å²) in [5.74, 6) is 0.692. The van der Waals surface area contributed by atoms with E-state index in [0.29, 0.717) is 4.47 Å². The fourth-order valence-corrected chi connectivity index (χ4v) is 3.36. The molecule has 1 unspecified atom stereocenters. The predicted molar refractivity (Wildman–Crippen MR) is 85.3 cm³/mol. The van der Waals surface area contributed by atoms with E-state index in [1.807, 2.05) is 25.2 Å². The van der Waals surface area contributed by atoms with Crippen LogP contribution >= 0.6 is 15.9 Å². The van der Waals surface area contributed by atoms with Crippen LogP contribution in [0, 0.1) is 5.82 Å². The molecule has 0 spiro atoms. The second-order valence-corrected chi connectivity index (χ2v) is 5.95. The number of rotatable bonds is 3. The van der Waals surface area contributed by atoms with Gasteiger partial charge in [0.1, 0.15) is 11.6 Å². The van der Waals surface area contributed by atoms with Crippen molar-refractivity contribution in [2.45, 2.75) is 18.9 Å². The summed E-state index contributed by atoms with van der Waals surface area (Å²) >= 11 is 3.36. The third-order valence-corrected chi connectivity index (χ3v) is 4.69. The topological polar surface area (TPSA) is 21.3 Å². The fourth-order valence-electron chi connectivity index (χ4n) is 2.86. The lowest BCUT2D eigenvalue weighted by molar-refractivity contribution is 0.283. The lowest BCUT2D eigenvalue weighted by Gasteiger charge is -2.26. The molecule has 1 heterocycles. The van der Waals surface area contributed by atoms with Gasteiger partial charge in [0.2, 0.25) is 0 Å². The zero-order chi connectivity index (χ0) is 14.8. The van der Waals surface area contributed by atoms with Crippen LogP contribution in [0.3, 0.4) is 0 Å². The first-order valence-corrected chi connectivity index (χ1v) is 7.87. The minimum absolute atomic E-state index is 0.108. The standard InChI is InChI=1S/C17H17BrFNO/c1-20-16(12-7-3-9-14(19)15(12)18)13-8-2-5-11-6-4-10-21-17(11)13/h2-3,5,7-9,16,20H,4,6,10H2,1H3. The largest absolute Gasteiger partial charge is 0.493 e. The van der Waals surface area contributed by atoms with E-state index in [1.54, 1.807) is 6.07 Å². The monoisotopic (exact) mass is 349 g/mol. The maximum atomic E-state index is 13.8. The third kappa shape index (κ3) is 2.70. The number of nitrogens with one attached hydrogen (secondary N) is 1. The van der Waals surface area contributed by atoms with Gasteiger partial charge in [-0.1, -0.05) is 30.3 Å². The van der Waals surface area contributed by atoms with Crippen molar-refractivity contribution in [2.75, 3.05) is 13.7 Å². The summed E-state index contributed by atoms with van der Waals surface area (Å²) in [5.41, 5.74) is 3.16. The number of ether oxygens (including phenoxy) is 1. The highest BCUT2D eigenvalue weighted by atomic mass is 79.9. The zero-order valence-electron chi connectivity index (χ0n) is 11.8. The molecule has 2 aromatic rings. The molecule has 2 aromatic carbocycles. The van der Waals surface area contributed by atoms with E-state index in [-0.39, 0.29) is 11.9 Å². The van der Waals surface area contributed by atoms with E-state index < -0.39 is 0 Å². The lowest BCUT2D eigenvalue weighted by Crippen LogP contribution is -2.21. The zero-order valence-corrected chi connectivity index (χ0v) is 13.4. The second-order valence-electron chi connectivity index (χ2n) is 5.15. The Kier molecular flexibility index (Phi) is 4.27. The van der Waals surface area contributed by atoms with E-state index in [0.717, 1.165) is 36.3 Å². The van der Waals surface area contributed by atoms with Crippen LogP contribution in [0.25, 0.3) is 0 Å². The minimum atomic E-state index is -0.251. The molecule has 3 rings (SSSR count). The van der Waals surface area contributed by atoms with Gasteiger partial charge in [-0.15, -0.1) is 0 Å². The SMILES string of the molecule is CNC(c1cccc(F)c1Br)c1cccc2c1OCCC2. The number of halogens is 2. The van der Waals surface area contributed by atoms with Gasteiger partial charge in [-0.2, -0.15) is 0 Å². The van der Waals surface area contributed by atoms with Crippen LogP contribution in [0.4, 0.5) is 4.39 Å². The molecule has 0 aromatic heterocycles. The lowest BCUT2D eigenvalue weighted by atomic mass is 9.93. The van der Waals surface area contributed by atoms with Gasteiger partial charge in [-0.3, -0.25) is 0 Å². The van der Waals surface area contributed by atoms with Gasteiger partial charge in [0.15, 0.2) is 0 Å². The number of benzene rings is 2. The second kappa shape index (κ2) is 6.16. The van der Waals surface area contributed by atoms with Crippen LogP contribution in [-0.4, -0.2) is 13.7 Å². The first-order valence-electron chi connectivity index (χ1n) is 7.08. The van der Waals surface area contributed by atoms with Gasteiger partial charge in [0, 0.05) is 5.56 Å². The van der Waals surface area contributed by atoms with Gasteiger partial charge in [0.25, 0.3) is 0 Å². The van der Waals surface area contributed by atoms with Gasteiger partial charge in [0.05, 0.1) is 17.1 Å². The Morgan fingerprint density at radius 1 is 1.19 bits per heavy atom. The molecule has 0 amide bonds. The highest BCUT2D eigenvalue weighted by molar-refractivity contribution is 9.10. The number of aryl methyl sites for hydroxylation is 1. The summed E-state index contributed by atoms with van der Waals surface area (Å²) in [6.07, 6.45) is 2.08. The van der Waals surface area contributed by atoms with Gasteiger partial charge < -0.3 is 10.1 Å². The highest BCUT2D eigenvalue weighted by Crippen LogP contribution is 2.38. The predicted octanol–water partition coefficient (Wildman–Crippen LogP) is 4.22. The van der Waals surface area contributed by atoms with Crippen molar-refractivity contribution < 1.29 is 9.13 Å². The molecular formula is C17H17BrFNO. The van der Waals surface area contributed by atoms with Crippen LogP contribution in [0.2, 0.25) is 0 Å². The number of para-hydroxylation sites is 1. The van der Waals surface area contributed by atoms with Gasteiger partial charge >= 0.3 is 0 Å². The first kappa shape index (κ1) is 14.5. The Morgan fingerprint density at radius 2 is 1.95 bits per heavy atom. The minimum Gasteiger partial charge on any atom is -0.493 e. The van der Waals surface area contributed by atoms with Gasteiger partial charge in [-0.05, 0) is 53.0 Å². The molecule has 2 nitrogen and oxygen atoms in total. The number of hydrogen-bond donors (Lipinski definition) is 1. The third-order valence-electron chi connectivity index (χ3n) is 3.86. The molecular weight excluding hydrogens is 333 g/mol. The Hall–Kier alpha value is -1.39. The average Bonchev–Trinajstić information content (AvgIpc) is 2.52. The Labute approximate surface area is 132 Å². The normalized spacial score (nSPS) is 15.2. The molecule has 0 fully saturated rings. The summed E-state index contributed by atoms with van der Waals surface area (Å²) in [7, 11) is 1.88. The highest BCUT2D eigenvalue weighted by Gasteiger charge is 2.23. The van der Waals surface area contributed by atoms with E-state index in [9.17, 15) is 4.39 Å². The maximum absolute atomic E-state index is 13.8. The molecule has 21 heavy (non-hydrogen) atoms. The van der Waals surface area contributed by atoms with E-state index >= 15 is 0 Å². The quantitative estimate of drug-likeness (QED) is 0.895. The van der Waals surface area contributed by atoms with Crippen molar-refractivity contribution in [3.63, 3.8) is 0 Å². The molecule has 0 bridgehead atoms. The molecule has 0 saturated heterocycles. The molecule has 1 N–H and O–H groups in total. The van der Waals surface area contributed by atoms with Crippen molar-refractivity contribution in [2.24, 2.45) is 0 Å². The van der Waals surface area contributed by atoms with Crippen LogP contribution in [0.5, 0.6) is 5.75 Å². The van der Waals surface area contributed by atoms with Crippen LogP contribution in [0.1, 0.15) is 29.2 Å². The number of hydrogen-bond acceptors (Lipinski definition) is 2. The average molecular weight is 350 g/mol. The fraction of sp³-hybridized carbons (Fsp3) is 0.294. The van der Waals surface area contributed by atoms with Crippen molar-refractivity contribution in [3.05, 3.63) is 63.4 Å². The van der Waals surface area contributed by atoms with Gasteiger partial charge in [-0.25, -0.2) is 4.39 Å². The molecule has 4 heteroatoms. The molecule has 110 valence electrons. The Morgan fingerprint density at radius 3 is 2.76 bits per heavy atom. The van der Waals surface area contributed by atoms with Crippen molar-refractivity contribution >= 4 is 15.9 Å². The Balaban J connectivity index is 2.11. The Bertz CT molecular complexity index is 659. The summed E-state index contributed by atoms with van der Waals surface area (Å²) < 4.78 is 20.2. The van der Waals surface area contributed by atoms with Crippen LogP contribution in [-0.2, 0) is 6.42 Å². The number of fused-ring (bicyclic) bond motifs is 1. The summed E-state index contributed by atoms with van der Waals surface area (Å²) in [6, 6.07) is 11.2. The van der Waals surface area contributed by atoms with E-state index in [4.69, 9.17) is 4.74 Å². The summed E-state index contributed by atoms with van der Waals surface area (Å²) in [5, 5.41) is 3.28. The molecule has 1 aliphatic heterocycles. The maximum Gasteiger partial charge on any atom is 0.137 e. The summed E-state index contributed by atoms with van der Waals surface area (Å²) in [4.78, 5) is 0. The molecule has 1 aliphatic rings. The first-order chi connectivity index (χ1) is 10.2. The van der Waals surface area contributed by atoms with Crippen LogP contribution < -0.4 is 10.1 Å². The molecule has 0 aliphatic carbocycles. The molecule has 1 atom stereocenters. The van der Waals surface area contributed by atoms with E-state index in [2.05, 4.69) is 27.3 Å². The van der Waals surface area contributed by atoms with Crippen molar-refractivity contribution in [1.29, 1.82) is 0 Å². The summed E-state index contributed by atoms with van der Waals surface area (Å²) in [6.45, 7) is 0.741. The van der Waals surface area contributed by atoms with Crippen molar-refractivity contribution in [1.82, 2.24) is 5.32 Å². The molecule has 0 radical (unpaired) electrons. The molecule has 0 saturated carbocycles. The smallest absolute Gasteiger partial charge is 0.137 e. The van der Waals surface area contributed by atoms with Crippen molar-refractivity contribution in [3.8, 4) is 5.75 Å². The van der Waals surface area contributed by atoms with Crippen LogP contribution in [0.15, 0.2) is 40.9 Å². The van der Waals surface area contributed by atoms with E-state index in [1.165, 1.54) is 11.6 Å².